The summed E-state index contributed by atoms with van der Waals surface area (Å²) in [5.41, 5.74) is 6.90. The molecule has 29 heavy (non-hydrogen) atoms. The van der Waals surface area contributed by atoms with E-state index < -0.39 is 0 Å². The first-order valence-electron chi connectivity index (χ1n) is 9.95. The smallest absolute Gasteiger partial charge is 0.0996 e. The zero-order valence-corrected chi connectivity index (χ0v) is 18.6. The van der Waals surface area contributed by atoms with Crippen molar-refractivity contribution in [2.45, 2.75) is 33.1 Å². The molecule has 0 amide bonds. The second-order valence-electron chi connectivity index (χ2n) is 7.09. The first-order chi connectivity index (χ1) is 14.1. The summed E-state index contributed by atoms with van der Waals surface area (Å²) in [5, 5.41) is 4.22. The molecule has 0 saturated carbocycles. The van der Waals surface area contributed by atoms with Crippen LogP contribution >= 0.6 is 23.1 Å². The number of aryl methyl sites for hydroxylation is 1. The molecule has 0 fully saturated rings. The van der Waals surface area contributed by atoms with Crippen LogP contribution in [0.4, 0.5) is 0 Å². The number of allylic oxidation sites excluding steroid dienone is 1. The fraction of sp³-hybridized carbons (Fsp3) is 0.240. The van der Waals surface area contributed by atoms with Gasteiger partial charge in [0.05, 0.1) is 11.4 Å². The molecular weight excluding hydrogens is 396 g/mol. The van der Waals surface area contributed by atoms with E-state index >= 15 is 0 Å². The Morgan fingerprint density at radius 3 is 2.72 bits per heavy atom. The highest BCUT2D eigenvalue weighted by Gasteiger charge is 2.09. The zero-order valence-electron chi connectivity index (χ0n) is 17.0. The van der Waals surface area contributed by atoms with E-state index in [2.05, 4.69) is 78.7 Å². The molecule has 0 radical (unpaired) electrons. The molecule has 1 heterocycles. The molecule has 4 heteroatoms. The average Bonchev–Trinajstić information content (AvgIpc) is 3.18. The minimum atomic E-state index is 0.776. The van der Waals surface area contributed by atoms with Crippen LogP contribution in [0.5, 0.6) is 0 Å². The van der Waals surface area contributed by atoms with Gasteiger partial charge in [-0.25, -0.2) is 0 Å². The molecule has 0 unspecified atom stereocenters. The van der Waals surface area contributed by atoms with E-state index in [-0.39, 0.29) is 0 Å². The third-order valence-electron chi connectivity index (χ3n) is 4.82. The summed E-state index contributed by atoms with van der Waals surface area (Å²) in [7, 11) is 0. The van der Waals surface area contributed by atoms with Crippen LogP contribution in [-0.2, 0) is 6.42 Å². The van der Waals surface area contributed by atoms with E-state index in [0.29, 0.717) is 0 Å². The molecule has 3 aromatic rings. The summed E-state index contributed by atoms with van der Waals surface area (Å²) >= 11 is 7.77. The predicted octanol–water partition coefficient (Wildman–Crippen LogP) is 7.14. The zero-order chi connectivity index (χ0) is 20.6. The van der Waals surface area contributed by atoms with Crippen LogP contribution in [0, 0.1) is 6.92 Å². The van der Waals surface area contributed by atoms with Gasteiger partial charge in [0.2, 0.25) is 0 Å². The maximum absolute atomic E-state index is 6.22. The second-order valence-corrected chi connectivity index (χ2v) is 8.42. The highest BCUT2D eigenvalue weighted by molar-refractivity contribution is 7.05. The minimum Gasteiger partial charge on any atom is -0.383 e. The van der Waals surface area contributed by atoms with Crippen molar-refractivity contribution in [1.29, 1.82) is 0 Å². The van der Waals surface area contributed by atoms with Gasteiger partial charge in [-0.1, -0.05) is 67.6 Å². The van der Waals surface area contributed by atoms with Gasteiger partial charge in [0, 0.05) is 22.9 Å². The van der Waals surface area contributed by atoms with Gasteiger partial charge >= 0.3 is 0 Å². The highest BCUT2D eigenvalue weighted by Crippen LogP contribution is 2.26. The fourth-order valence-electron chi connectivity index (χ4n) is 3.31. The predicted molar refractivity (Wildman–Crippen MR) is 127 cm³/mol. The molecule has 150 valence electrons. The Labute approximate surface area is 183 Å². The molecule has 2 aromatic carbocycles. The summed E-state index contributed by atoms with van der Waals surface area (Å²) in [6.07, 6.45) is 5.10. The van der Waals surface area contributed by atoms with Crippen LogP contribution in [0.1, 0.15) is 47.0 Å². The second kappa shape index (κ2) is 10.4. The molecule has 0 aliphatic carbocycles. The third-order valence-corrected chi connectivity index (χ3v) is 5.84. The molecule has 2 nitrogen and oxygen atoms in total. The molecule has 1 aromatic heterocycles. The van der Waals surface area contributed by atoms with Gasteiger partial charge in [0.15, 0.2) is 0 Å². The Balaban J connectivity index is 1.58. The van der Waals surface area contributed by atoms with Gasteiger partial charge in [-0.15, -0.1) is 0 Å². The molecule has 0 aliphatic rings. The van der Waals surface area contributed by atoms with Crippen molar-refractivity contribution < 1.29 is 0 Å². The van der Waals surface area contributed by atoms with E-state index in [1.165, 1.54) is 27.1 Å². The number of nitrogens with one attached hydrogen (secondary N) is 1. The summed E-state index contributed by atoms with van der Waals surface area (Å²) in [6, 6.07) is 18.7. The fourth-order valence-corrected chi connectivity index (χ4v) is 4.25. The van der Waals surface area contributed by atoms with Gasteiger partial charge in [0.1, 0.15) is 0 Å². The van der Waals surface area contributed by atoms with E-state index in [1.54, 1.807) is 11.5 Å². The van der Waals surface area contributed by atoms with Gasteiger partial charge in [0.25, 0.3) is 0 Å². The van der Waals surface area contributed by atoms with Crippen molar-refractivity contribution in [3.05, 3.63) is 99.5 Å². The molecule has 3 rings (SSSR count). The van der Waals surface area contributed by atoms with Crippen LogP contribution in [0.2, 0.25) is 5.02 Å². The summed E-state index contributed by atoms with van der Waals surface area (Å²) in [6.45, 7) is 9.29. The van der Waals surface area contributed by atoms with Crippen LogP contribution in [0.15, 0.2) is 67.3 Å². The van der Waals surface area contributed by atoms with Crippen LogP contribution in [0.3, 0.4) is 0 Å². The number of aromatic nitrogens is 1. The molecule has 1 N–H and O–H groups in total. The van der Waals surface area contributed by atoms with Crippen molar-refractivity contribution in [3.63, 3.8) is 0 Å². The lowest BCUT2D eigenvalue weighted by Crippen LogP contribution is -2.13. The number of halogens is 1. The SMILES string of the molecule is C=C(NCC/C(=C/CC)c1cc(Cl)ccc1C)c1cc(Cc2ccccc2)sn1. The molecule has 0 spiro atoms. The lowest BCUT2D eigenvalue weighted by Gasteiger charge is -2.13. The number of hydrogen-bond donors (Lipinski definition) is 1. The third kappa shape index (κ3) is 6.06. The topological polar surface area (TPSA) is 24.9 Å². The monoisotopic (exact) mass is 422 g/mol. The maximum Gasteiger partial charge on any atom is 0.0996 e. The molecule has 0 saturated heterocycles. The molecule has 0 bridgehead atoms. The Morgan fingerprint density at radius 1 is 1.17 bits per heavy atom. The van der Waals surface area contributed by atoms with Crippen molar-refractivity contribution in [3.8, 4) is 0 Å². The average molecular weight is 423 g/mol. The van der Waals surface area contributed by atoms with Gasteiger partial charge in [-0.2, -0.15) is 4.37 Å². The van der Waals surface area contributed by atoms with Crippen LogP contribution in [-0.4, -0.2) is 10.9 Å². The Hall–Kier alpha value is -2.36. The lowest BCUT2D eigenvalue weighted by molar-refractivity contribution is 0.874. The Kier molecular flexibility index (Phi) is 7.68. The van der Waals surface area contributed by atoms with Gasteiger partial charge in [-0.05, 0) is 71.8 Å². The van der Waals surface area contributed by atoms with Crippen LogP contribution in [0.25, 0.3) is 11.3 Å². The van der Waals surface area contributed by atoms with Crippen LogP contribution < -0.4 is 5.32 Å². The summed E-state index contributed by atoms with van der Waals surface area (Å²) in [4.78, 5) is 1.25. The first kappa shape index (κ1) is 21.4. The molecule has 0 atom stereocenters. The van der Waals surface area contributed by atoms with Crippen molar-refractivity contribution >= 4 is 34.4 Å². The largest absolute Gasteiger partial charge is 0.383 e. The van der Waals surface area contributed by atoms with E-state index in [1.807, 2.05) is 12.1 Å². The normalized spacial score (nSPS) is 11.5. The summed E-state index contributed by atoms with van der Waals surface area (Å²) < 4.78 is 4.58. The Bertz CT molecular complexity index is 989. The van der Waals surface area contributed by atoms with E-state index in [0.717, 1.165) is 42.2 Å². The quantitative estimate of drug-likeness (QED) is 0.396. The van der Waals surface area contributed by atoms with Gasteiger partial charge < -0.3 is 5.32 Å². The van der Waals surface area contributed by atoms with E-state index in [4.69, 9.17) is 11.6 Å². The van der Waals surface area contributed by atoms with Gasteiger partial charge in [-0.3, -0.25) is 0 Å². The highest BCUT2D eigenvalue weighted by atomic mass is 35.5. The number of hydrogen-bond acceptors (Lipinski definition) is 3. The minimum absolute atomic E-state index is 0.776. The maximum atomic E-state index is 6.22. The molecule has 0 aliphatic heterocycles. The first-order valence-corrected chi connectivity index (χ1v) is 11.1. The van der Waals surface area contributed by atoms with E-state index in [9.17, 15) is 0 Å². The summed E-state index contributed by atoms with van der Waals surface area (Å²) in [5.74, 6) is 0. The standard InChI is InChI=1S/C25H27ClN2S/c1-4-8-21(24-16-22(26)12-11-18(24)2)13-14-27-19(3)25-17-23(29-28-25)15-20-9-6-5-7-10-20/h5-12,16-17,27H,3-4,13-15H2,1-2H3/b21-8-. The van der Waals surface area contributed by atoms with Crippen molar-refractivity contribution in [2.24, 2.45) is 0 Å². The van der Waals surface area contributed by atoms with Crippen molar-refractivity contribution in [2.75, 3.05) is 6.54 Å². The number of rotatable bonds is 9. The number of nitrogens with zero attached hydrogens (tertiary/aromatic N) is 1. The Morgan fingerprint density at radius 2 is 1.97 bits per heavy atom. The number of benzene rings is 2. The lowest BCUT2D eigenvalue weighted by atomic mass is 9.97. The van der Waals surface area contributed by atoms with Crippen molar-refractivity contribution in [1.82, 2.24) is 9.69 Å². The molecular formula is C25H27ClN2S.